The molecule has 0 radical (unpaired) electrons. The van der Waals surface area contributed by atoms with Gasteiger partial charge in [-0.3, -0.25) is 4.68 Å². The van der Waals surface area contributed by atoms with E-state index in [0.717, 1.165) is 36.3 Å². The second-order valence-corrected chi connectivity index (χ2v) is 4.74. The van der Waals surface area contributed by atoms with Gasteiger partial charge in [-0.2, -0.15) is 5.10 Å². The number of nitrogens with zero attached hydrogens (tertiary/aromatic N) is 3. The molecular weight excluding hydrogens is 224 g/mol. The van der Waals surface area contributed by atoms with Crippen molar-refractivity contribution in [1.82, 2.24) is 14.7 Å². The van der Waals surface area contributed by atoms with Crippen LogP contribution in [-0.2, 0) is 6.54 Å². The minimum atomic E-state index is 0.797. The van der Waals surface area contributed by atoms with Crippen molar-refractivity contribution in [3.8, 4) is 11.1 Å². The number of benzene rings is 1. The van der Waals surface area contributed by atoms with E-state index >= 15 is 0 Å². The summed E-state index contributed by atoms with van der Waals surface area (Å²) < 4.78 is 1.98. The van der Waals surface area contributed by atoms with Crippen LogP contribution < -0.4 is 5.73 Å². The lowest BCUT2D eigenvalue weighted by atomic mass is 10.1. The molecule has 0 aliphatic carbocycles. The molecule has 4 nitrogen and oxygen atoms in total. The molecule has 0 atom stereocenters. The number of aryl methyl sites for hydroxylation is 1. The van der Waals surface area contributed by atoms with Crippen molar-refractivity contribution in [3.05, 3.63) is 36.7 Å². The Balaban J connectivity index is 2.04. The maximum atomic E-state index is 5.96. The van der Waals surface area contributed by atoms with E-state index in [0.29, 0.717) is 0 Å². The zero-order chi connectivity index (χ0) is 13.0. The zero-order valence-corrected chi connectivity index (χ0v) is 11.0. The Morgan fingerprint density at radius 2 is 2.06 bits per heavy atom. The van der Waals surface area contributed by atoms with E-state index in [9.17, 15) is 0 Å². The monoisotopic (exact) mass is 244 g/mol. The molecule has 1 aromatic carbocycles. The van der Waals surface area contributed by atoms with Gasteiger partial charge in [0.1, 0.15) is 0 Å². The second-order valence-electron chi connectivity index (χ2n) is 4.74. The van der Waals surface area contributed by atoms with E-state index in [2.05, 4.69) is 30.3 Å². The average molecular weight is 244 g/mol. The summed E-state index contributed by atoms with van der Waals surface area (Å²) in [7, 11) is 4.17. The number of nitrogen functional groups attached to an aromatic ring is 1. The van der Waals surface area contributed by atoms with Crippen LogP contribution in [0.25, 0.3) is 11.1 Å². The van der Waals surface area contributed by atoms with Gasteiger partial charge in [-0.15, -0.1) is 0 Å². The fraction of sp³-hybridized carbons (Fsp3) is 0.357. The van der Waals surface area contributed by atoms with Gasteiger partial charge in [0.2, 0.25) is 0 Å². The van der Waals surface area contributed by atoms with Gasteiger partial charge in [-0.25, -0.2) is 0 Å². The summed E-state index contributed by atoms with van der Waals surface area (Å²) in [4.78, 5) is 2.18. The molecule has 96 valence electrons. The Morgan fingerprint density at radius 3 is 2.78 bits per heavy atom. The molecule has 18 heavy (non-hydrogen) atoms. The first-order chi connectivity index (χ1) is 8.66. The number of para-hydroxylation sites is 1. The van der Waals surface area contributed by atoms with Crippen LogP contribution >= 0.6 is 0 Å². The number of aromatic nitrogens is 2. The molecule has 4 heteroatoms. The summed E-state index contributed by atoms with van der Waals surface area (Å²) >= 11 is 0. The largest absolute Gasteiger partial charge is 0.398 e. The van der Waals surface area contributed by atoms with Crippen molar-refractivity contribution in [3.63, 3.8) is 0 Å². The average Bonchev–Trinajstić information content (AvgIpc) is 2.78. The van der Waals surface area contributed by atoms with Crippen LogP contribution in [0.15, 0.2) is 36.7 Å². The van der Waals surface area contributed by atoms with Crippen molar-refractivity contribution < 1.29 is 0 Å². The maximum absolute atomic E-state index is 5.96. The molecule has 0 saturated carbocycles. The van der Waals surface area contributed by atoms with Crippen LogP contribution in [0.4, 0.5) is 5.69 Å². The van der Waals surface area contributed by atoms with Crippen LogP contribution in [0, 0.1) is 0 Å². The highest BCUT2D eigenvalue weighted by Crippen LogP contribution is 2.24. The van der Waals surface area contributed by atoms with Gasteiger partial charge in [-0.1, -0.05) is 18.2 Å². The van der Waals surface area contributed by atoms with Crippen LogP contribution in [-0.4, -0.2) is 35.3 Å². The molecule has 0 spiro atoms. The lowest BCUT2D eigenvalue weighted by molar-refractivity contribution is 0.380. The van der Waals surface area contributed by atoms with Crippen molar-refractivity contribution in [2.24, 2.45) is 0 Å². The van der Waals surface area contributed by atoms with E-state index in [1.54, 1.807) is 0 Å². The van der Waals surface area contributed by atoms with Crippen LogP contribution in [0.1, 0.15) is 6.42 Å². The maximum Gasteiger partial charge on any atom is 0.0569 e. The van der Waals surface area contributed by atoms with Gasteiger partial charge in [-0.05, 0) is 33.1 Å². The quantitative estimate of drug-likeness (QED) is 0.819. The third-order valence-electron chi connectivity index (χ3n) is 2.90. The van der Waals surface area contributed by atoms with Crippen LogP contribution in [0.2, 0.25) is 0 Å². The molecule has 0 bridgehead atoms. The Kier molecular flexibility index (Phi) is 3.99. The Morgan fingerprint density at radius 1 is 1.28 bits per heavy atom. The summed E-state index contributed by atoms with van der Waals surface area (Å²) in [5.41, 5.74) is 8.89. The number of hydrogen-bond donors (Lipinski definition) is 1. The van der Waals surface area contributed by atoms with Gasteiger partial charge >= 0.3 is 0 Å². The Bertz CT molecular complexity index is 502. The first kappa shape index (κ1) is 12.6. The van der Waals surface area contributed by atoms with Crippen LogP contribution in [0.3, 0.4) is 0 Å². The predicted molar refractivity (Wildman–Crippen MR) is 75.2 cm³/mol. The molecule has 0 aliphatic heterocycles. The smallest absolute Gasteiger partial charge is 0.0569 e. The van der Waals surface area contributed by atoms with Crippen molar-refractivity contribution in [2.45, 2.75) is 13.0 Å². The van der Waals surface area contributed by atoms with Gasteiger partial charge in [0, 0.05) is 29.6 Å². The summed E-state index contributed by atoms with van der Waals surface area (Å²) in [5.74, 6) is 0. The minimum absolute atomic E-state index is 0.797. The lowest BCUT2D eigenvalue weighted by Gasteiger charge is -2.08. The zero-order valence-electron chi connectivity index (χ0n) is 11.0. The number of hydrogen-bond acceptors (Lipinski definition) is 3. The summed E-state index contributed by atoms with van der Waals surface area (Å²) in [6.07, 6.45) is 5.03. The molecular formula is C14H20N4. The predicted octanol–water partition coefficient (Wildman–Crippen LogP) is 2.08. The molecule has 2 N–H and O–H groups in total. The minimum Gasteiger partial charge on any atom is -0.398 e. The van der Waals surface area contributed by atoms with Crippen molar-refractivity contribution in [1.29, 1.82) is 0 Å². The van der Waals surface area contributed by atoms with Gasteiger partial charge in [0.25, 0.3) is 0 Å². The highest BCUT2D eigenvalue weighted by Gasteiger charge is 2.04. The number of nitrogens with two attached hydrogens (primary N) is 1. The fourth-order valence-electron chi connectivity index (χ4n) is 1.93. The molecule has 2 rings (SSSR count). The molecule has 0 aliphatic rings. The molecule has 0 fully saturated rings. The molecule has 0 saturated heterocycles. The van der Waals surface area contributed by atoms with E-state index in [1.165, 1.54) is 0 Å². The second kappa shape index (κ2) is 5.69. The van der Waals surface area contributed by atoms with Crippen molar-refractivity contribution >= 4 is 5.69 Å². The number of anilines is 1. The highest BCUT2D eigenvalue weighted by atomic mass is 15.3. The number of rotatable bonds is 5. The topological polar surface area (TPSA) is 47.1 Å². The van der Waals surface area contributed by atoms with E-state index in [4.69, 9.17) is 5.73 Å². The molecule has 1 heterocycles. The molecule has 1 aromatic heterocycles. The fourth-order valence-corrected chi connectivity index (χ4v) is 1.93. The molecule has 0 unspecified atom stereocenters. The lowest BCUT2D eigenvalue weighted by Crippen LogP contribution is -2.15. The normalized spacial score (nSPS) is 11.1. The Hall–Kier alpha value is -1.81. The third-order valence-corrected chi connectivity index (χ3v) is 2.90. The van der Waals surface area contributed by atoms with Gasteiger partial charge in [0.15, 0.2) is 0 Å². The first-order valence-electron chi connectivity index (χ1n) is 6.19. The third kappa shape index (κ3) is 3.11. The van der Waals surface area contributed by atoms with Crippen LogP contribution in [0.5, 0.6) is 0 Å². The van der Waals surface area contributed by atoms with E-state index in [-0.39, 0.29) is 0 Å². The SMILES string of the molecule is CN(C)CCCn1cc(-c2ccccc2N)cn1. The Labute approximate surface area is 108 Å². The highest BCUT2D eigenvalue weighted by molar-refractivity contribution is 5.75. The van der Waals surface area contributed by atoms with Gasteiger partial charge < -0.3 is 10.6 Å². The molecule has 2 aromatic rings. The van der Waals surface area contributed by atoms with Gasteiger partial charge in [0.05, 0.1) is 6.20 Å². The van der Waals surface area contributed by atoms with Crippen molar-refractivity contribution in [2.75, 3.05) is 26.4 Å². The van der Waals surface area contributed by atoms with E-state index < -0.39 is 0 Å². The summed E-state index contributed by atoms with van der Waals surface area (Å²) in [5, 5.41) is 4.37. The summed E-state index contributed by atoms with van der Waals surface area (Å²) in [6.45, 7) is 2.01. The van der Waals surface area contributed by atoms with E-state index in [1.807, 2.05) is 35.1 Å². The molecule has 0 amide bonds. The summed E-state index contributed by atoms with van der Waals surface area (Å²) in [6, 6.07) is 7.88. The first-order valence-corrected chi connectivity index (χ1v) is 6.19. The standard InChI is InChI=1S/C14H20N4/c1-17(2)8-5-9-18-11-12(10-16-18)13-6-3-4-7-14(13)15/h3-4,6-7,10-11H,5,8-9,15H2,1-2H3.